The van der Waals surface area contributed by atoms with Gasteiger partial charge in [0.2, 0.25) is 0 Å². The summed E-state index contributed by atoms with van der Waals surface area (Å²) >= 11 is 0. The predicted molar refractivity (Wildman–Crippen MR) is 75.6 cm³/mol. The third-order valence-corrected chi connectivity index (χ3v) is 3.17. The summed E-state index contributed by atoms with van der Waals surface area (Å²) in [6, 6.07) is 0. The van der Waals surface area contributed by atoms with Gasteiger partial charge in [-0.05, 0) is 30.3 Å². The van der Waals surface area contributed by atoms with Crippen LogP contribution in [0.1, 0.15) is 55.4 Å². The first-order chi connectivity index (χ1) is 7.00. The monoisotopic (exact) mass is 220 g/mol. The molecule has 16 heavy (non-hydrogen) atoms. The zero-order chi connectivity index (χ0) is 13.1. The molecule has 0 nitrogen and oxygen atoms in total. The maximum absolute atomic E-state index is 3.91. The van der Waals surface area contributed by atoms with Crippen LogP contribution in [-0.4, -0.2) is 0 Å². The number of allylic oxidation sites excluding steroid dienone is 5. The van der Waals surface area contributed by atoms with Crippen LogP contribution in [0.25, 0.3) is 0 Å². The van der Waals surface area contributed by atoms with Gasteiger partial charge in [-0.1, -0.05) is 71.4 Å². The Morgan fingerprint density at radius 2 is 1.31 bits per heavy atom. The van der Waals surface area contributed by atoms with E-state index in [0.717, 1.165) is 0 Å². The van der Waals surface area contributed by atoms with Crippen molar-refractivity contribution in [3.05, 3.63) is 35.5 Å². The van der Waals surface area contributed by atoms with Crippen LogP contribution in [0.5, 0.6) is 0 Å². The van der Waals surface area contributed by atoms with Gasteiger partial charge in [0.15, 0.2) is 0 Å². The molecule has 0 aliphatic heterocycles. The van der Waals surface area contributed by atoms with E-state index >= 15 is 0 Å². The van der Waals surface area contributed by atoms with E-state index in [1.165, 1.54) is 16.7 Å². The Hall–Kier alpha value is -0.780. The molecule has 0 aromatic rings. The van der Waals surface area contributed by atoms with E-state index in [9.17, 15) is 0 Å². The highest BCUT2D eigenvalue weighted by Crippen LogP contribution is 2.31. The molecule has 0 amide bonds. The smallest absolute Gasteiger partial charge is 0.0132 e. The van der Waals surface area contributed by atoms with Crippen LogP contribution in [0, 0.1) is 10.8 Å². The van der Waals surface area contributed by atoms with Crippen LogP contribution in [0.15, 0.2) is 35.5 Å². The molecule has 0 aromatic heterocycles. The molecule has 0 N–H and O–H groups in total. The SMILES string of the molecule is C=C/C(=C\C(C)=C(/C)C(C)(C)C)C(C)(C)C. The zero-order valence-electron chi connectivity index (χ0n) is 12.4. The fourth-order valence-corrected chi connectivity index (χ4v) is 1.51. The lowest BCUT2D eigenvalue weighted by molar-refractivity contribution is 0.497. The topological polar surface area (TPSA) is 0 Å². The van der Waals surface area contributed by atoms with Gasteiger partial charge in [-0.2, -0.15) is 0 Å². The van der Waals surface area contributed by atoms with E-state index in [-0.39, 0.29) is 10.8 Å². The summed E-state index contributed by atoms with van der Waals surface area (Å²) in [6.45, 7) is 21.7. The Morgan fingerprint density at radius 1 is 0.875 bits per heavy atom. The van der Waals surface area contributed by atoms with Crippen LogP contribution in [-0.2, 0) is 0 Å². The lowest BCUT2D eigenvalue weighted by Gasteiger charge is -2.24. The highest BCUT2D eigenvalue weighted by molar-refractivity contribution is 5.35. The average molecular weight is 220 g/mol. The van der Waals surface area contributed by atoms with E-state index in [4.69, 9.17) is 0 Å². The number of hydrogen-bond donors (Lipinski definition) is 0. The third-order valence-electron chi connectivity index (χ3n) is 3.17. The second kappa shape index (κ2) is 5.03. The maximum Gasteiger partial charge on any atom is -0.0132 e. The maximum atomic E-state index is 3.91. The minimum absolute atomic E-state index is 0.168. The van der Waals surface area contributed by atoms with Crippen molar-refractivity contribution in [1.29, 1.82) is 0 Å². The van der Waals surface area contributed by atoms with Crippen LogP contribution in [0.3, 0.4) is 0 Å². The standard InChI is InChI=1S/C16H28/c1-10-14(16(7,8)9)11-12(2)13(3)15(4,5)6/h10-11H,1H2,2-9H3/b13-12+,14-11+. The Morgan fingerprint density at radius 3 is 1.56 bits per heavy atom. The molecule has 0 aliphatic carbocycles. The molecular formula is C16H28. The minimum Gasteiger partial charge on any atom is -0.0988 e. The van der Waals surface area contributed by atoms with Gasteiger partial charge in [0.25, 0.3) is 0 Å². The predicted octanol–water partition coefficient (Wildman–Crippen LogP) is 5.53. The van der Waals surface area contributed by atoms with E-state index in [2.05, 4.69) is 68.0 Å². The molecule has 0 spiro atoms. The summed E-state index contributed by atoms with van der Waals surface area (Å²) < 4.78 is 0. The normalized spacial score (nSPS) is 15.9. The number of rotatable bonds is 2. The van der Waals surface area contributed by atoms with Gasteiger partial charge in [0.05, 0.1) is 0 Å². The van der Waals surface area contributed by atoms with Crippen molar-refractivity contribution in [2.24, 2.45) is 10.8 Å². The van der Waals surface area contributed by atoms with Crippen molar-refractivity contribution in [2.75, 3.05) is 0 Å². The molecule has 0 aromatic carbocycles. The third kappa shape index (κ3) is 4.38. The molecule has 0 saturated heterocycles. The molecule has 0 saturated carbocycles. The molecule has 92 valence electrons. The molecule has 0 heteroatoms. The van der Waals surface area contributed by atoms with Gasteiger partial charge >= 0.3 is 0 Å². The summed E-state index contributed by atoms with van der Waals surface area (Å²) in [5.74, 6) is 0. The first kappa shape index (κ1) is 15.2. The van der Waals surface area contributed by atoms with Crippen molar-refractivity contribution in [3.8, 4) is 0 Å². The minimum atomic E-state index is 0.168. The van der Waals surface area contributed by atoms with Crippen molar-refractivity contribution >= 4 is 0 Å². The van der Waals surface area contributed by atoms with Crippen LogP contribution in [0.2, 0.25) is 0 Å². The Bertz CT molecular complexity index is 311. The van der Waals surface area contributed by atoms with E-state index in [0.29, 0.717) is 0 Å². The lowest BCUT2D eigenvalue weighted by Crippen LogP contribution is -2.10. The van der Waals surface area contributed by atoms with E-state index < -0.39 is 0 Å². The highest BCUT2D eigenvalue weighted by atomic mass is 14.2. The van der Waals surface area contributed by atoms with Gasteiger partial charge in [-0.3, -0.25) is 0 Å². The molecule has 0 rings (SSSR count). The molecule has 0 aliphatic rings. The van der Waals surface area contributed by atoms with Gasteiger partial charge in [-0.25, -0.2) is 0 Å². The van der Waals surface area contributed by atoms with Crippen molar-refractivity contribution in [3.63, 3.8) is 0 Å². The van der Waals surface area contributed by atoms with Crippen LogP contribution >= 0.6 is 0 Å². The second-order valence-electron chi connectivity index (χ2n) is 6.61. The van der Waals surface area contributed by atoms with Gasteiger partial charge < -0.3 is 0 Å². The van der Waals surface area contributed by atoms with Crippen molar-refractivity contribution in [1.82, 2.24) is 0 Å². The second-order valence-corrected chi connectivity index (χ2v) is 6.61. The highest BCUT2D eigenvalue weighted by Gasteiger charge is 2.17. The molecule has 0 atom stereocenters. The molecule has 0 unspecified atom stereocenters. The first-order valence-corrected chi connectivity index (χ1v) is 6.02. The molecule has 0 bridgehead atoms. The zero-order valence-corrected chi connectivity index (χ0v) is 12.4. The summed E-state index contributed by atoms with van der Waals surface area (Å²) in [7, 11) is 0. The Labute approximate surface area is 102 Å². The van der Waals surface area contributed by atoms with E-state index in [1.54, 1.807) is 0 Å². The first-order valence-electron chi connectivity index (χ1n) is 6.02. The van der Waals surface area contributed by atoms with Crippen molar-refractivity contribution in [2.45, 2.75) is 55.4 Å². The quantitative estimate of drug-likeness (QED) is 0.537. The molecular weight excluding hydrogens is 192 g/mol. The van der Waals surface area contributed by atoms with Gasteiger partial charge in [-0.15, -0.1) is 0 Å². The van der Waals surface area contributed by atoms with E-state index in [1.807, 2.05) is 6.08 Å². The fraction of sp³-hybridized carbons (Fsp3) is 0.625. The number of hydrogen-bond acceptors (Lipinski definition) is 0. The van der Waals surface area contributed by atoms with Gasteiger partial charge in [0, 0.05) is 0 Å². The van der Waals surface area contributed by atoms with Crippen molar-refractivity contribution < 1.29 is 0 Å². The lowest BCUT2D eigenvalue weighted by atomic mass is 9.81. The van der Waals surface area contributed by atoms with Gasteiger partial charge in [0.1, 0.15) is 0 Å². The molecule has 0 heterocycles. The fourth-order valence-electron chi connectivity index (χ4n) is 1.51. The molecule has 0 radical (unpaired) electrons. The Balaban J connectivity index is 5.39. The average Bonchev–Trinajstić information content (AvgIpc) is 2.08. The molecule has 0 fully saturated rings. The summed E-state index contributed by atoms with van der Waals surface area (Å²) in [6.07, 6.45) is 4.24. The Kier molecular flexibility index (Phi) is 4.79. The summed E-state index contributed by atoms with van der Waals surface area (Å²) in [4.78, 5) is 0. The summed E-state index contributed by atoms with van der Waals surface area (Å²) in [5.41, 5.74) is 4.51. The summed E-state index contributed by atoms with van der Waals surface area (Å²) in [5, 5.41) is 0. The van der Waals surface area contributed by atoms with Crippen LogP contribution in [0.4, 0.5) is 0 Å². The van der Waals surface area contributed by atoms with Crippen LogP contribution < -0.4 is 0 Å². The largest absolute Gasteiger partial charge is 0.0988 e.